The number of nitrogens with zero attached hydrogens (tertiary/aromatic N) is 2. The molecule has 2 aliphatic rings. The highest BCUT2D eigenvalue weighted by Gasteiger charge is 2.43. The van der Waals surface area contributed by atoms with Crippen LogP contribution in [0.15, 0.2) is 47.5 Å². The number of aliphatic imine (C=N–C) groups is 1. The molecule has 0 aliphatic carbocycles. The van der Waals surface area contributed by atoms with E-state index in [1.807, 2.05) is 27.7 Å². The third kappa shape index (κ3) is 5.75. The van der Waals surface area contributed by atoms with Gasteiger partial charge in [-0.3, -0.25) is 9.79 Å². The van der Waals surface area contributed by atoms with Gasteiger partial charge in [-0.25, -0.2) is 18.3 Å². The number of aromatic nitrogens is 1. The van der Waals surface area contributed by atoms with Gasteiger partial charge in [0.05, 0.1) is 39.8 Å². The number of aliphatic hydroxyl groups is 1. The van der Waals surface area contributed by atoms with Crippen molar-refractivity contribution in [3.8, 4) is 22.8 Å². The zero-order chi connectivity index (χ0) is 30.4. The number of carbonyl (C=O) groups is 1. The first-order valence-electron chi connectivity index (χ1n) is 13.9. The summed E-state index contributed by atoms with van der Waals surface area (Å²) < 4.78 is 41.2. The molecule has 0 spiro atoms. The van der Waals surface area contributed by atoms with Crippen molar-refractivity contribution in [3.63, 3.8) is 0 Å². The summed E-state index contributed by atoms with van der Waals surface area (Å²) in [4.78, 5) is 22.4. The van der Waals surface area contributed by atoms with Crippen LogP contribution in [0.25, 0.3) is 11.3 Å². The number of fused-ring (bicyclic) bond motifs is 2. The standard InChI is InChI=1S/C32H36FN3O5S/c1-30(2,3)42(39)36-31(4)18-41-29-23(31)17-27(35-28(29)19-7-9-21(33)10-8-19)32(5,38)13-11-25(37)20-15-24-22(12-14-34-24)26(16-20)40-6/h7-10,14-17,36,38H,11-13,18H2,1-6H3/t31-,32-,42?/m1/s1. The second-order valence-corrected chi connectivity index (χ2v) is 14.2. The lowest BCUT2D eigenvalue weighted by molar-refractivity contribution is 0.0396. The number of hydrogen-bond donors (Lipinski definition) is 2. The van der Waals surface area contributed by atoms with Gasteiger partial charge in [-0.15, -0.1) is 0 Å². The molecular formula is C32H36FN3O5S. The highest BCUT2D eigenvalue weighted by Crippen LogP contribution is 2.45. The van der Waals surface area contributed by atoms with E-state index < -0.39 is 26.9 Å². The summed E-state index contributed by atoms with van der Waals surface area (Å²) in [7, 11) is 0.147. The van der Waals surface area contributed by atoms with Gasteiger partial charge in [0.25, 0.3) is 0 Å². The van der Waals surface area contributed by atoms with Crippen LogP contribution in [0, 0.1) is 5.82 Å². The average molecular weight is 594 g/mol. The quantitative estimate of drug-likeness (QED) is 0.309. The lowest BCUT2D eigenvalue weighted by Crippen LogP contribution is -2.47. The van der Waals surface area contributed by atoms with Crippen LogP contribution in [0.3, 0.4) is 0 Å². The van der Waals surface area contributed by atoms with Gasteiger partial charge in [0.15, 0.2) is 11.5 Å². The second kappa shape index (κ2) is 11.0. The molecular weight excluding hydrogens is 557 g/mol. The van der Waals surface area contributed by atoms with Crippen LogP contribution in [-0.4, -0.2) is 44.8 Å². The van der Waals surface area contributed by atoms with E-state index in [0.717, 1.165) is 5.56 Å². The molecule has 3 atom stereocenters. The summed E-state index contributed by atoms with van der Waals surface area (Å²) in [5, 5.41) is 11.7. The minimum atomic E-state index is -1.51. The van der Waals surface area contributed by atoms with E-state index in [1.165, 1.54) is 12.1 Å². The zero-order valence-corrected chi connectivity index (χ0v) is 25.5. The van der Waals surface area contributed by atoms with E-state index in [4.69, 9.17) is 14.5 Å². The molecule has 2 N–H and O–H groups in total. The number of benzene rings is 2. The van der Waals surface area contributed by atoms with E-state index in [2.05, 4.69) is 9.71 Å². The smallest absolute Gasteiger partial charge is 0.163 e. The van der Waals surface area contributed by atoms with Crippen LogP contribution in [-0.2, 0) is 28.5 Å². The molecule has 1 aromatic heterocycles. The molecule has 1 unspecified atom stereocenters. The maximum Gasteiger partial charge on any atom is 0.163 e. The molecule has 222 valence electrons. The maximum atomic E-state index is 13.8. The van der Waals surface area contributed by atoms with Gasteiger partial charge in [-0.1, -0.05) is 0 Å². The van der Waals surface area contributed by atoms with Gasteiger partial charge >= 0.3 is 0 Å². The third-order valence-corrected chi connectivity index (χ3v) is 9.46. The normalized spacial score (nSPS) is 19.5. The highest BCUT2D eigenvalue weighted by molar-refractivity contribution is 7.84. The maximum absolute atomic E-state index is 13.8. The van der Waals surface area contributed by atoms with Gasteiger partial charge in [-0.2, -0.15) is 0 Å². The van der Waals surface area contributed by atoms with Crippen LogP contribution in [0.2, 0.25) is 0 Å². The zero-order valence-electron chi connectivity index (χ0n) is 24.7. The first kappa shape index (κ1) is 30.0. The van der Waals surface area contributed by atoms with Crippen molar-refractivity contribution in [1.29, 1.82) is 0 Å². The van der Waals surface area contributed by atoms with Gasteiger partial charge in [0.1, 0.15) is 29.5 Å². The molecule has 5 rings (SSSR count). The van der Waals surface area contributed by atoms with Gasteiger partial charge in [0.2, 0.25) is 0 Å². The van der Waals surface area contributed by atoms with Gasteiger partial charge in [-0.05, 0) is 83.5 Å². The van der Waals surface area contributed by atoms with Crippen molar-refractivity contribution in [2.45, 2.75) is 69.8 Å². The number of ether oxygens (including phenoxy) is 2. The largest absolute Gasteiger partial charge is 0.496 e. The summed E-state index contributed by atoms with van der Waals surface area (Å²) in [5.41, 5.74) is 1.80. The number of halogens is 1. The molecule has 3 aromatic rings. The second-order valence-electron chi connectivity index (χ2n) is 12.2. The lowest BCUT2D eigenvalue weighted by Gasteiger charge is -2.30. The predicted molar refractivity (Wildman–Crippen MR) is 161 cm³/mol. The third-order valence-electron chi connectivity index (χ3n) is 7.71. The van der Waals surface area contributed by atoms with E-state index >= 15 is 0 Å². The van der Waals surface area contributed by atoms with Gasteiger partial charge in [0, 0.05) is 41.3 Å². The molecule has 2 aromatic carbocycles. The molecule has 3 heterocycles. The molecule has 0 radical (unpaired) electrons. The highest BCUT2D eigenvalue weighted by atomic mass is 32.2. The Bertz CT molecular complexity index is 1600. The Morgan fingerprint density at radius 1 is 1.19 bits per heavy atom. The minimum Gasteiger partial charge on any atom is -0.496 e. The molecule has 8 nitrogen and oxygen atoms in total. The predicted octanol–water partition coefficient (Wildman–Crippen LogP) is 5.68. The van der Waals surface area contributed by atoms with Crippen molar-refractivity contribution in [2.24, 2.45) is 4.99 Å². The number of nitrogens with one attached hydrogen (secondary N) is 1. The molecule has 42 heavy (non-hydrogen) atoms. The number of hydrogen-bond acceptors (Lipinski definition) is 7. The Morgan fingerprint density at radius 3 is 2.57 bits per heavy atom. The number of Topliss-reactive ketones (excluding diaryl/α,β-unsaturated/α-hetero) is 1. The summed E-state index contributed by atoms with van der Waals surface area (Å²) >= 11 is 0. The van der Waals surface area contributed by atoms with Crippen LogP contribution < -0.4 is 14.2 Å². The van der Waals surface area contributed by atoms with Crippen LogP contribution in [0.5, 0.6) is 11.5 Å². The van der Waals surface area contributed by atoms with E-state index in [1.54, 1.807) is 50.6 Å². The lowest BCUT2D eigenvalue weighted by atomic mass is 9.87. The van der Waals surface area contributed by atoms with Crippen LogP contribution >= 0.6 is 0 Å². The summed E-state index contributed by atoms with van der Waals surface area (Å²) in [6.07, 6.45) is 2.57. The fourth-order valence-electron chi connectivity index (χ4n) is 5.06. The number of pyridine rings is 1. The molecule has 0 fully saturated rings. The monoisotopic (exact) mass is 593 g/mol. The Labute approximate surface area is 248 Å². The fourth-order valence-corrected chi connectivity index (χ4v) is 5.95. The number of ketones is 1. The fraction of sp³-hybridized carbons (Fsp3) is 0.406. The first-order chi connectivity index (χ1) is 19.7. The van der Waals surface area contributed by atoms with E-state index in [9.17, 15) is 18.5 Å². The summed E-state index contributed by atoms with van der Waals surface area (Å²) in [6, 6.07) is 11.1. The van der Waals surface area contributed by atoms with Gasteiger partial charge < -0.3 is 14.6 Å². The first-order valence-corrected chi connectivity index (χ1v) is 15.0. The van der Waals surface area contributed by atoms with E-state index in [0.29, 0.717) is 51.7 Å². The summed E-state index contributed by atoms with van der Waals surface area (Å²) in [5.74, 6) is 0.542. The van der Waals surface area contributed by atoms with Crippen molar-refractivity contribution in [1.82, 2.24) is 9.71 Å². The van der Waals surface area contributed by atoms with Crippen LogP contribution in [0.4, 0.5) is 10.1 Å². The van der Waals surface area contributed by atoms with Crippen molar-refractivity contribution < 1.29 is 28.0 Å². The Kier molecular flexibility index (Phi) is 7.85. The van der Waals surface area contributed by atoms with Crippen molar-refractivity contribution >= 4 is 28.7 Å². The number of carbonyl (C=O) groups excluding carboxylic acids is 1. The molecule has 0 bridgehead atoms. The number of methoxy groups -OCH3 is 1. The minimum absolute atomic E-state index is 0.0450. The Balaban J connectivity index is 1.49. The molecule has 0 amide bonds. The topological polar surface area (TPSA) is 110 Å². The van der Waals surface area contributed by atoms with Crippen molar-refractivity contribution in [3.05, 3.63) is 70.7 Å². The molecule has 0 saturated carbocycles. The molecule has 10 heteroatoms. The molecule has 2 aliphatic heterocycles. The Hall–Kier alpha value is -3.47. The van der Waals surface area contributed by atoms with Crippen LogP contribution in [0.1, 0.15) is 74.6 Å². The Morgan fingerprint density at radius 2 is 1.90 bits per heavy atom. The number of rotatable bonds is 9. The van der Waals surface area contributed by atoms with E-state index in [-0.39, 0.29) is 31.0 Å². The van der Waals surface area contributed by atoms with Crippen molar-refractivity contribution in [2.75, 3.05) is 13.7 Å². The average Bonchev–Trinajstić information content (AvgIpc) is 3.55. The summed E-state index contributed by atoms with van der Waals surface area (Å²) in [6.45, 7) is 9.33. The molecule has 0 saturated heterocycles. The SMILES string of the molecule is COc1cc(C(=O)CC[C@@](C)(O)c2cc3c(c(-c4ccc(F)cc4)n2)OC[C@@]3(C)NS(=O)C(C)(C)C)cc2c1CC=N2.